The summed E-state index contributed by atoms with van der Waals surface area (Å²) >= 11 is 7.46. The first-order valence-electron chi connectivity index (χ1n) is 6.39. The van der Waals surface area contributed by atoms with Crippen LogP contribution in [0, 0.1) is 0 Å². The van der Waals surface area contributed by atoms with Gasteiger partial charge in [0.25, 0.3) is 0 Å². The van der Waals surface area contributed by atoms with Gasteiger partial charge in [0, 0.05) is 13.1 Å². The molecule has 114 valence electrons. The van der Waals surface area contributed by atoms with Crippen LogP contribution in [0.1, 0.15) is 13.8 Å². The van der Waals surface area contributed by atoms with Crippen molar-refractivity contribution in [2.75, 3.05) is 5.75 Å². The number of thioether (sulfide) groups is 1. The Morgan fingerprint density at radius 1 is 1.43 bits per heavy atom. The van der Waals surface area contributed by atoms with Crippen LogP contribution in [-0.2, 0) is 17.9 Å². The molecule has 2 aromatic rings. The van der Waals surface area contributed by atoms with Crippen LogP contribution < -0.4 is 11.3 Å². The smallest absolute Gasteiger partial charge is 0.244 e. The van der Waals surface area contributed by atoms with Gasteiger partial charge in [-0.1, -0.05) is 23.4 Å². The summed E-state index contributed by atoms with van der Waals surface area (Å²) in [5.74, 6) is 5.60. The summed E-state index contributed by atoms with van der Waals surface area (Å²) in [5, 5.41) is 13.7. The predicted molar refractivity (Wildman–Crippen MR) is 80.7 cm³/mol. The Labute approximate surface area is 131 Å². The van der Waals surface area contributed by atoms with Crippen molar-refractivity contribution in [1.29, 1.82) is 0 Å². The summed E-state index contributed by atoms with van der Waals surface area (Å²) in [6, 6.07) is 0. The minimum absolute atomic E-state index is 0.176. The molecule has 2 rings (SSSR count). The van der Waals surface area contributed by atoms with Crippen molar-refractivity contribution in [3.63, 3.8) is 0 Å². The highest BCUT2D eigenvalue weighted by Gasteiger charge is 2.20. The zero-order valence-electron chi connectivity index (χ0n) is 11.7. The number of nitrogens with one attached hydrogen (secondary N) is 1. The number of aromatic nitrogens is 5. The fraction of sp³-hybridized carbons (Fsp3) is 0.455. The van der Waals surface area contributed by atoms with E-state index in [0.717, 1.165) is 5.69 Å². The lowest BCUT2D eigenvalue weighted by atomic mass is 10.4. The number of carbonyl (C=O) groups is 1. The van der Waals surface area contributed by atoms with Crippen LogP contribution in [0.2, 0.25) is 5.02 Å². The van der Waals surface area contributed by atoms with Crippen molar-refractivity contribution in [3.05, 3.63) is 11.2 Å². The minimum Gasteiger partial charge on any atom is -0.301 e. The molecule has 0 fully saturated rings. The van der Waals surface area contributed by atoms with Gasteiger partial charge in [-0.15, -0.1) is 10.2 Å². The molecule has 0 aliphatic carbocycles. The van der Waals surface area contributed by atoms with Gasteiger partial charge in [0.05, 0.1) is 17.0 Å². The van der Waals surface area contributed by atoms with Crippen LogP contribution in [0.3, 0.4) is 0 Å². The maximum atomic E-state index is 11.2. The number of amides is 1. The minimum atomic E-state index is -0.274. The highest BCUT2D eigenvalue weighted by molar-refractivity contribution is 7.99. The molecule has 0 aliphatic heterocycles. The quantitative estimate of drug-likeness (QED) is 0.353. The second-order valence-electron chi connectivity index (χ2n) is 4.06. The van der Waals surface area contributed by atoms with Gasteiger partial charge in [-0.25, -0.2) is 5.84 Å². The van der Waals surface area contributed by atoms with Crippen LogP contribution in [0.5, 0.6) is 0 Å². The van der Waals surface area contributed by atoms with E-state index in [1.165, 1.54) is 11.8 Å². The van der Waals surface area contributed by atoms with Gasteiger partial charge in [0.1, 0.15) is 5.69 Å². The Morgan fingerprint density at radius 2 is 2.19 bits per heavy atom. The number of carbonyl (C=O) groups excluding carboxylic acids is 1. The molecule has 0 saturated carbocycles. The third-order valence-corrected chi connectivity index (χ3v) is 4.08. The van der Waals surface area contributed by atoms with Gasteiger partial charge >= 0.3 is 0 Å². The molecule has 0 unspecified atom stereocenters. The highest BCUT2D eigenvalue weighted by atomic mass is 35.5. The van der Waals surface area contributed by atoms with Gasteiger partial charge in [-0.2, -0.15) is 5.10 Å². The predicted octanol–water partition coefficient (Wildman–Crippen LogP) is 0.917. The molecular formula is C11H16ClN7OS. The third kappa shape index (κ3) is 3.20. The number of aryl methyl sites for hydroxylation is 1. The Balaban J connectivity index is 2.35. The number of hydrogen-bond donors (Lipinski definition) is 2. The van der Waals surface area contributed by atoms with Crippen LogP contribution >= 0.6 is 23.4 Å². The average Bonchev–Trinajstić information content (AvgIpc) is 3.06. The molecule has 8 nitrogen and oxygen atoms in total. The second-order valence-corrected chi connectivity index (χ2v) is 5.41. The van der Waals surface area contributed by atoms with Crippen molar-refractivity contribution >= 4 is 29.3 Å². The fourth-order valence-electron chi connectivity index (χ4n) is 1.85. The molecule has 0 atom stereocenters. The van der Waals surface area contributed by atoms with E-state index in [1.54, 1.807) is 10.9 Å². The molecule has 2 heterocycles. The van der Waals surface area contributed by atoms with Crippen LogP contribution in [0.25, 0.3) is 11.5 Å². The first-order valence-corrected chi connectivity index (χ1v) is 7.75. The molecule has 0 aliphatic rings. The van der Waals surface area contributed by atoms with Crippen LogP contribution in [0.15, 0.2) is 11.4 Å². The van der Waals surface area contributed by atoms with Gasteiger partial charge in [-0.3, -0.25) is 14.9 Å². The number of nitrogens with two attached hydrogens (primary N) is 1. The van der Waals surface area contributed by atoms with E-state index in [4.69, 9.17) is 17.4 Å². The topological polar surface area (TPSA) is 104 Å². The summed E-state index contributed by atoms with van der Waals surface area (Å²) in [5.41, 5.74) is 2.81. The molecular weight excluding hydrogens is 314 g/mol. The summed E-state index contributed by atoms with van der Waals surface area (Å²) in [7, 11) is 0. The Bertz CT molecular complexity index is 639. The van der Waals surface area contributed by atoms with Gasteiger partial charge in [0.2, 0.25) is 5.91 Å². The summed E-state index contributed by atoms with van der Waals surface area (Å²) in [6.45, 7) is 5.28. The molecule has 0 radical (unpaired) electrons. The lowest BCUT2D eigenvalue weighted by Crippen LogP contribution is -2.31. The summed E-state index contributed by atoms with van der Waals surface area (Å²) in [4.78, 5) is 11.2. The number of hydrogen-bond acceptors (Lipinski definition) is 6. The fourth-order valence-corrected chi connectivity index (χ4v) is 2.89. The third-order valence-electron chi connectivity index (χ3n) is 2.83. The molecule has 0 aromatic carbocycles. The Hall–Kier alpha value is -1.58. The molecule has 2 aromatic heterocycles. The van der Waals surface area contributed by atoms with Gasteiger partial charge in [0.15, 0.2) is 11.0 Å². The van der Waals surface area contributed by atoms with Crippen molar-refractivity contribution in [1.82, 2.24) is 30.0 Å². The van der Waals surface area contributed by atoms with E-state index in [9.17, 15) is 4.79 Å². The molecule has 0 bridgehead atoms. The number of nitrogens with zero attached hydrogens (tertiary/aromatic N) is 5. The number of rotatable bonds is 6. The van der Waals surface area contributed by atoms with E-state index in [0.29, 0.717) is 29.1 Å². The van der Waals surface area contributed by atoms with Gasteiger partial charge in [-0.05, 0) is 13.8 Å². The lowest BCUT2D eigenvalue weighted by Gasteiger charge is -2.08. The summed E-state index contributed by atoms with van der Waals surface area (Å²) in [6.07, 6.45) is 1.59. The second kappa shape index (κ2) is 6.92. The normalized spacial score (nSPS) is 10.9. The zero-order chi connectivity index (χ0) is 15.4. The van der Waals surface area contributed by atoms with Crippen LogP contribution in [0.4, 0.5) is 0 Å². The first kappa shape index (κ1) is 15.8. The molecule has 0 saturated heterocycles. The molecule has 1 amide bonds. The standard InChI is InChI=1S/C11H16ClN7OS/c1-3-18-10(9-7(12)5-14-19(9)4-2)16-17-11(18)21-6-8(20)15-13/h5H,3-4,6,13H2,1-2H3,(H,15,20). The van der Waals surface area contributed by atoms with E-state index in [1.807, 2.05) is 18.4 Å². The Morgan fingerprint density at radius 3 is 2.81 bits per heavy atom. The van der Waals surface area contributed by atoms with Crippen molar-refractivity contribution in [2.24, 2.45) is 5.84 Å². The molecule has 3 N–H and O–H groups in total. The maximum absolute atomic E-state index is 11.2. The van der Waals surface area contributed by atoms with Gasteiger partial charge < -0.3 is 4.57 Å². The van der Waals surface area contributed by atoms with Crippen molar-refractivity contribution < 1.29 is 4.79 Å². The summed E-state index contributed by atoms with van der Waals surface area (Å²) < 4.78 is 3.66. The molecule has 21 heavy (non-hydrogen) atoms. The zero-order valence-corrected chi connectivity index (χ0v) is 13.3. The van der Waals surface area contributed by atoms with Crippen molar-refractivity contribution in [2.45, 2.75) is 32.1 Å². The van der Waals surface area contributed by atoms with Crippen LogP contribution in [-0.4, -0.2) is 36.2 Å². The number of hydrazine groups is 1. The van der Waals surface area contributed by atoms with E-state index in [2.05, 4.69) is 20.7 Å². The van der Waals surface area contributed by atoms with E-state index >= 15 is 0 Å². The first-order chi connectivity index (χ1) is 10.1. The Kier molecular flexibility index (Phi) is 5.21. The highest BCUT2D eigenvalue weighted by Crippen LogP contribution is 2.29. The molecule has 0 spiro atoms. The average molecular weight is 330 g/mol. The molecule has 10 heteroatoms. The maximum Gasteiger partial charge on any atom is 0.244 e. The monoisotopic (exact) mass is 329 g/mol. The SMILES string of the molecule is CCn1ncc(Cl)c1-c1nnc(SCC(=O)NN)n1CC. The van der Waals surface area contributed by atoms with E-state index < -0.39 is 0 Å². The van der Waals surface area contributed by atoms with Crippen molar-refractivity contribution in [3.8, 4) is 11.5 Å². The van der Waals surface area contributed by atoms with E-state index in [-0.39, 0.29) is 11.7 Å². The number of halogens is 1. The largest absolute Gasteiger partial charge is 0.301 e. The lowest BCUT2D eigenvalue weighted by molar-refractivity contribution is -0.118.